The lowest BCUT2D eigenvalue weighted by molar-refractivity contribution is -0.147. The van der Waals surface area contributed by atoms with Crippen molar-refractivity contribution in [2.75, 3.05) is 0 Å². The van der Waals surface area contributed by atoms with Gasteiger partial charge in [-0.2, -0.15) is 0 Å². The molecule has 0 radical (unpaired) electrons. The summed E-state index contributed by atoms with van der Waals surface area (Å²) in [5.41, 5.74) is 1.82. The largest absolute Gasteiger partial charge is 0.481 e. The third-order valence-electron chi connectivity index (χ3n) is 4.15. The van der Waals surface area contributed by atoms with Crippen LogP contribution in [0.3, 0.4) is 0 Å². The molecule has 1 N–H and O–H groups in total. The first-order valence-electron chi connectivity index (χ1n) is 7.38. The Morgan fingerprint density at radius 3 is 2.76 bits per heavy atom. The number of hydrogen-bond donors (Lipinski definition) is 1. The number of aliphatic carboxylic acids is 1. The standard InChI is InChI=1S/C16H22N2O3/c1-10(2)18-14(19)6-4-5-12(16(20)21)15(18)13-9-17-8-7-11(13)3/h7-10,12,15H,4-6H2,1-3H3,(H,20,21). The summed E-state index contributed by atoms with van der Waals surface area (Å²) in [6.45, 7) is 5.80. The quantitative estimate of drug-likeness (QED) is 0.928. The molecule has 1 fully saturated rings. The first-order valence-corrected chi connectivity index (χ1v) is 7.38. The molecule has 1 saturated heterocycles. The molecule has 0 aliphatic carbocycles. The third kappa shape index (κ3) is 3.06. The van der Waals surface area contributed by atoms with E-state index in [0.717, 1.165) is 11.1 Å². The normalized spacial score (nSPS) is 23.2. The van der Waals surface area contributed by atoms with E-state index in [9.17, 15) is 14.7 Å². The van der Waals surface area contributed by atoms with Crippen LogP contribution in [0, 0.1) is 12.8 Å². The summed E-state index contributed by atoms with van der Waals surface area (Å²) in [7, 11) is 0. The van der Waals surface area contributed by atoms with Gasteiger partial charge in [0, 0.05) is 24.9 Å². The first kappa shape index (κ1) is 15.5. The predicted octanol–water partition coefficient (Wildman–Crippen LogP) is 2.55. The van der Waals surface area contributed by atoms with Crippen LogP contribution in [0.25, 0.3) is 0 Å². The number of likely N-dealkylation sites (tertiary alicyclic amines) is 1. The fourth-order valence-electron chi connectivity index (χ4n) is 3.13. The molecule has 2 heterocycles. The average molecular weight is 290 g/mol. The van der Waals surface area contributed by atoms with Crippen LogP contribution in [-0.4, -0.2) is 32.9 Å². The van der Waals surface area contributed by atoms with Crippen LogP contribution in [0.15, 0.2) is 18.5 Å². The lowest BCUT2D eigenvalue weighted by atomic mass is 9.87. The monoisotopic (exact) mass is 290 g/mol. The molecule has 2 atom stereocenters. The number of carbonyl (C=O) groups is 2. The van der Waals surface area contributed by atoms with Crippen LogP contribution >= 0.6 is 0 Å². The van der Waals surface area contributed by atoms with Crippen molar-refractivity contribution in [3.05, 3.63) is 29.6 Å². The summed E-state index contributed by atoms with van der Waals surface area (Å²) < 4.78 is 0. The van der Waals surface area contributed by atoms with E-state index in [4.69, 9.17) is 0 Å². The zero-order chi connectivity index (χ0) is 15.6. The van der Waals surface area contributed by atoms with Gasteiger partial charge in [0.2, 0.25) is 5.91 Å². The van der Waals surface area contributed by atoms with Crippen LogP contribution in [-0.2, 0) is 9.59 Å². The zero-order valence-electron chi connectivity index (χ0n) is 12.7. The van der Waals surface area contributed by atoms with Crippen molar-refractivity contribution in [3.8, 4) is 0 Å². The summed E-state index contributed by atoms with van der Waals surface area (Å²) >= 11 is 0. The van der Waals surface area contributed by atoms with Gasteiger partial charge in [0.15, 0.2) is 0 Å². The molecular weight excluding hydrogens is 268 g/mol. The number of hydrogen-bond acceptors (Lipinski definition) is 3. The zero-order valence-corrected chi connectivity index (χ0v) is 12.7. The molecule has 5 heteroatoms. The van der Waals surface area contributed by atoms with Gasteiger partial charge in [0.1, 0.15) is 0 Å². The molecule has 0 aromatic carbocycles. The molecule has 21 heavy (non-hydrogen) atoms. The minimum atomic E-state index is -0.844. The number of pyridine rings is 1. The van der Waals surface area contributed by atoms with Gasteiger partial charge in [0.25, 0.3) is 0 Å². The molecule has 0 saturated carbocycles. The lowest BCUT2D eigenvalue weighted by Crippen LogP contribution is -2.43. The Morgan fingerprint density at radius 2 is 2.19 bits per heavy atom. The summed E-state index contributed by atoms with van der Waals surface area (Å²) in [6.07, 6.45) is 4.94. The van der Waals surface area contributed by atoms with Crippen LogP contribution in [0.5, 0.6) is 0 Å². The lowest BCUT2D eigenvalue weighted by Gasteiger charge is -2.37. The van der Waals surface area contributed by atoms with Gasteiger partial charge in [-0.15, -0.1) is 0 Å². The Bertz CT molecular complexity index is 542. The minimum absolute atomic E-state index is 0.0296. The SMILES string of the molecule is Cc1ccncc1C1C(C(=O)O)CCCC(=O)N1C(C)C. The number of carbonyl (C=O) groups excluding carboxylic acids is 1. The maximum Gasteiger partial charge on any atom is 0.308 e. The van der Waals surface area contributed by atoms with Crippen LogP contribution in [0.4, 0.5) is 0 Å². The second-order valence-corrected chi connectivity index (χ2v) is 5.91. The molecule has 1 amide bonds. The molecule has 1 aliphatic heterocycles. The number of carboxylic acids is 1. The summed E-state index contributed by atoms with van der Waals surface area (Å²) in [6, 6.07) is 1.38. The topological polar surface area (TPSA) is 70.5 Å². The number of nitrogens with zero attached hydrogens (tertiary/aromatic N) is 2. The molecule has 2 unspecified atom stereocenters. The number of aryl methyl sites for hydroxylation is 1. The van der Waals surface area contributed by atoms with Gasteiger partial charge in [-0.3, -0.25) is 14.6 Å². The molecule has 5 nitrogen and oxygen atoms in total. The van der Waals surface area contributed by atoms with Gasteiger partial charge in [-0.05, 0) is 50.8 Å². The van der Waals surface area contributed by atoms with E-state index < -0.39 is 17.9 Å². The fourth-order valence-corrected chi connectivity index (χ4v) is 3.13. The Morgan fingerprint density at radius 1 is 1.48 bits per heavy atom. The minimum Gasteiger partial charge on any atom is -0.481 e. The van der Waals surface area contributed by atoms with Gasteiger partial charge in [-0.25, -0.2) is 0 Å². The average Bonchev–Trinajstić information content (AvgIpc) is 2.58. The maximum atomic E-state index is 12.4. The third-order valence-corrected chi connectivity index (χ3v) is 4.15. The first-order chi connectivity index (χ1) is 9.93. The highest BCUT2D eigenvalue weighted by molar-refractivity contribution is 5.80. The smallest absolute Gasteiger partial charge is 0.308 e. The van der Waals surface area contributed by atoms with Crippen molar-refractivity contribution in [2.45, 2.75) is 52.1 Å². The molecule has 1 aliphatic rings. The molecule has 114 valence electrons. The summed E-state index contributed by atoms with van der Waals surface area (Å²) in [5, 5.41) is 9.61. The summed E-state index contributed by atoms with van der Waals surface area (Å²) in [4.78, 5) is 30.0. The van der Waals surface area contributed by atoms with Crippen LogP contribution in [0.2, 0.25) is 0 Å². The Hall–Kier alpha value is -1.91. The number of aromatic nitrogens is 1. The van der Waals surface area contributed by atoms with E-state index in [2.05, 4.69) is 4.98 Å². The fraction of sp³-hybridized carbons (Fsp3) is 0.562. The molecule has 1 aromatic rings. The van der Waals surface area contributed by atoms with E-state index in [0.29, 0.717) is 19.3 Å². The Labute approximate surface area is 125 Å². The highest BCUT2D eigenvalue weighted by atomic mass is 16.4. The van der Waals surface area contributed by atoms with E-state index in [1.165, 1.54) is 0 Å². The predicted molar refractivity (Wildman–Crippen MR) is 78.7 cm³/mol. The van der Waals surface area contributed by atoms with Crippen LogP contribution < -0.4 is 0 Å². The van der Waals surface area contributed by atoms with Crippen molar-refractivity contribution < 1.29 is 14.7 Å². The maximum absolute atomic E-state index is 12.4. The highest BCUT2D eigenvalue weighted by Gasteiger charge is 2.40. The van der Waals surface area contributed by atoms with Crippen molar-refractivity contribution in [1.29, 1.82) is 0 Å². The van der Waals surface area contributed by atoms with E-state index in [1.807, 2.05) is 26.8 Å². The van der Waals surface area contributed by atoms with Gasteiger partial charge >= 0.3 is 5.97 Å². The van der Waals surface area contributed by atoms with Crippen molar-refractivity contribution in [3.63, 3.8) is 0 Å². The van der Waals surface area contributed by atoms with Crippen molar-refractivity contribution in [1.82, 2.24) is 9.88 Å². The molecule has 2 rings (SSSR count). The van der Waals surface area contributed by atoms with Crippen molar-refractivity contribution >= 4 is 11.9 Å². The van der Waals surface area contributed by atoms with E-state index >= 15 is 0 Å². The van der Waals surface area contributed by atoms with Crippen LogP contribution in [0.1, 0.15) is 50.3 Å². The van der Waals surface area contributed by atoms with Crippen molar-refractivity contribution in [2.24, 2.45) is 5.92 Å². The molecule has 0 bridgehead atoms. The van der Waals surface area contributed by atoms with E-state index in [-0.39, 0.29) is 11.9 Å². The Balaban J connectivity index is 2.56. The second-order valence-electron chi connectivity index (χ2n) is 5.91. The second kappa shape index (κ2) is 6.24. The van der Waals surface area contributed by atoms with Gasteiger partial charge in [0.05, 0.1) is 12.0 Å². The Kier molecular flexibility index (Phi) is 4.60. The molecule has 1 aromatic heterocycles. The summed E-state index contributed by atoms with van der Waals surface area (Å²) in [5.74, 6) is -1.40. The van der Waals surface area contributed by atoms with E-state index in [1.54, 1.807) is 17.3 Å². The number of rotatable bonds is 3. The molecule has 0 spiro atoms. The van der Waals surface area contributed by atoms with Gasteiger partial charge in [-0.1, -0.05) is 0 Å². The highest BCUT2D eigenvalue weighted by Crippen LogP contribution is 2.38. The molecular formula is C16H22N2O3. The number of carboxylic acid groups (broad SMARTS) is 1. The van der Waals surface area contributed by atoms with Gasteiger partial charge < -0.3 is 10.0 Å². The number of amides is 1.